The SMILES string of the molecule is CC(CC(=O)O)C(=NC1CCN(c2cnc3ccccc3c2)CC1)OC(C)(C)C. The molecule has 6 nitrogen and oxygen atoms in total. The number of ether oxygens (including phenoxy) is 1. The van der Waals surface area contributed by atoms with Crippen LogP contribution >= 0.6 is 0 Å². The van der Waals surface area contributed by atoms with E-state index >= 15 is 0 Å². The molecule has 0 bridgehead atoms. The number of rotatable bonds is 5. The molecular formula is C23H31N3O3. The fraction of sp³-hybridized carbons (Fsp3) is 0.522. The van der Waals surface area contributed by atoms with E-state index in [0.717, 1.165) is 42.5 Å². The summed E-state index contributed by atoms with van der Waals surface area (Å²) in [7, 11) is 0. The number of pyridine rings is 1. The molecule has 6 heteroatoms. The van der Waals surface area contributed by atoms with Crippen molar-refractivity contribution in [2.24, 2.45) is 10.9 Å². The molecule has 1 aliphatic heterocycles. The molecule has 0 aliphatic carbocycles. The van der Waals surface area contributed by atoms with E-state index in [9.17, 15) is 4.79 Å². The van der Waals surface area contributed by atoms with Crippen molar-refractivity contribution in [1.29, 1.82) is 0 Å². The Morgan fingerprint density at radius 2 is 2.00 bits per heavy atom. The smallest absolute Gasteiger partial charge is 0.304 e. The van der Waals surface area contributed by atoms with Crippen LogP contribution in [0.2, 0.25) is 0 Å². The summed E-state index contributed by atoms with van der Waals surface area (Å²) >= 11 is 0. The molecule has 0 radical (unpaired) electrons. The molecule has 3 rings (SSSR count). The van der Waals surface area contributed by atoms with Gasteiger partial charge in [-0.15, -0.1) is 0 Å². The van der Waals surface area contributed by atoms with Crippen molar-refractivity contribution in [3.05, 3.63) is 36.5 Å². The number of piperidine rings is 1. The second-order valence-corrected chi connectivity index (χ2v) is 8.79. The van der Waals surface area contributed by atoms with Gasteiger partial charge in [-0.05, 0) is 45.7 Å². The quantitative estimate of drug-likeness (QED) is 0.593. The maximum Gasteiger partial charge on any atom is 0.304 e. The first-order chi connectivity index (χ1) is 13.7. The van der Waals surface area contributed by atoms with Crippen LogP contribution < -0.4 is 4.90 Å². The van der Waals surface area contributed by atoms with E-state index in [1.807, 2.05) is 52.1 Å². The normalized spacial score (nSPS) is 17.4. The Morgan fingerprint density at radius 1 is 1.31 bits per heavy atom. The second-order valence-electron chi connectivity index (χ2n) is 8.79. The predicted molar refractivity (Wildman–Crippen MR) is 117 cm³/mol. The number of aromatic nitrogens is 1. The monoisotopic (exact) mass is 397 g/mol. The van der Waals surface area contributed by atoms with Gasteiger partial charge >= 0.3 is 5.97 Å². The minimum atomic E-state index is -0.832. The summed E-state index contributed by atoms with van der Waals surface area (Å²) < 4.78 is 6.03. The predicted octanol–water partition coefficient (Wildman–Crippen LogP) is 4.53. The summed E-state index contributed by atoms with van der Waals surface area (Å²) in [6.07, 6.45) is 3.78. The highest BCUT2D eigenvalue weighted by Gasteiger charge is 2.25. The third kappa shape index (κ3) is 5.92. The highest BCUT2D eigenvalue weighted by Crippen LogP contribution is 2.25. The molecule has 1 aliphatic rings. The van der Waals surface area contributed by atoms with Gasteiger partial charge in [0.25, 0.3) is 0 Å². The van der Waals surface area contributed by atoms with Gasteiger partial charge < -0.3 is 14.7 Å². The number of hydrogen-bond acceptors (Lipinski definition) is 5. The van der Waals surface area contributed by atoms with Crippen LogP contribution in [0.25, 0.3) is 10.9 Å². The van der Waals surface area contributed by atoms with Crippen molar-refractivity contribution < 1.29 is 14.6 Å². The Hall–Kier alpha value is -2.63. The number of benzene rings is 1. The van der Waals surface area contributed by atoms with Gasteiger partial charge in [0, 0.05) is 24.4 Å². The number of fused-ring (bicyclic) bond motifs is 1. The average molecular weight is 398 g/mol. The van der Waals surface area contributed by atoms with E-state index in [1.54, 1.807) is 0 Å². The van der Waals surface area contributed by atoms with Gasteiger partial charge in [0.1, 0.15) is 5.60 Å². The van der Waals surface area contributed by atoms with E-state index in [1.165, 1.54) is 0 Å². The molecule has 0 saturated carbocycles. The lowest BCUT2D eigenvalue weighted by atomic mass is 10.0. The number of aliphatic imine (C=N–C) groups is 1. The zero-order chi connectivity index (χ0) is 21.0. The molecule has 1 N–H and O–H groups in total. The molecule has 0 spiro atoms. The van der Waals surface area contributed by atoms with Crippen molar-refractivity contribution >= 4 is 28.5 Å². The van der Waals surface area contributed by atoms with Crippen molar-refractivity contribution in [3.8, 4) is 0 Å². The zero-order valence-corrected chi connectivity index (χ0v) is 17.8. The van der Waals surface area contributed by atoms with Crippen LogP contribution in [0.5, 0.6) is 0 Å². The van der Waals surface area contributed by atoms with Gasteiger partial charge in [-0.25, -0.2) is 0 Å². The van der Waals surface area contributed by atoms with E-state index < -0.39 is 11.6 Å². The third-order valence-corrected chi connectivity index (χ3v) is 5.03. The van der Waals surface area contributed by atoms with Gasteiger partial charge in [0.15, 0.2) is 5.90 Å². The van der Waals surface area contributed by atoms with Crippen molar-refractivity contribution in [2.75, 3.05) is 18.0 Å². The van der Waals surface area contributed by atoms with E-state index in [-0.39, 0.29) is 18.4 Å². The lowest BCUT2D eigenvalue weighted by Gasteiger charge is -2.33. The van der Waals surface area contributed by atoms with Gasteiger partial charge in [-0.1, -0.05) is 25.1 Å². The number of anilines is 1. The molecule has 1 aromatic heterocycles. The first kappa shape index (κ1) is 21.1. The Bertz CT molecular complexity index is 880. The molecule has 1 saturated heterocycles. The summed E-state index contributed by atoms with van der Waals surface area (Å²) in [5, 5.41) is 10.3. The third-order valence-electron chi connectivity index (χ3n) is 5.03. The number of carboxylic acids is 1. The average Bonchev–Trinajstić information content (AvgIpc) is 2.66. The van der Waals surface area contributed by atoms with Crippen molar-refractivity contribution in [3.63, 3.8) is 0 Å². The molecule has 1 aromatic carbocycles. The fourth-order valence-electron chi connectivity index (χ4n) is 3.58. The topological polar surface area (TPSA) is 75.0 Å². The van der Waals surface area contributed by atoms with Crippen LogP contribution in [0.4, 0.5) is 5.69 Å². The van der Waals surface area contributed by atoms with E-state index in [2.05, 4.69) is 22.0 Å². The van der Waals surface area contributed by atoms with Crippen LogP contribution in [0.15, 0.2) is 41.5 Å². The molecule has 0 amide bonds. The summed E-state index contributed by atoms with van der Waals surface area (Å²) in [5.74, 6) is -0.513. The number of carboxylic acid groups (broad SMARTS) is 1. The Labute approximate surface area is 172 Å². The molecule has 29 heavy (non-hydrogen) atoms. The highest BCUT2D eigenvalue weighted by atomic mass is 16.5. The number of carbonyl (C=O) groups is 1. The Balaban J connectivity index is 1.68. The summed E-state index contributed by atoms with van der Waals surface area (Å²) in [5.41, 5.74) is 1.74. The van der Waals surface area contributed by atoms with Gasteiger partial charge in [0.2, 0.25) is 0 Å². The number of nitrogens with zero attached hydrogens (tertiary/aromatic N) is 3. The molecule has 156 valence electrons. The lowest BCUT2D eigenvalue weighted by molar-refractivity contribution is -0.137. The fourth-order valence-corrected chi connectivity index (χ4v) is 3.58. The molecule has 1 fully saturated rings. The summed E-state index contributed by atoms with van der Waals surface area (Å²) in [4.78, 5) is 22.9. The van der Waals surface area contributed by atoms with Crippen LogP contribution in [-0.4, -0.2) is 46.7 Å². The van der Waals surface area contributed by atoms with Crippen molar-refractivity contribution in [2.45, 2.75) is 58.6 Å². The molecule has 1 unspecified atom stereocenters. The zero-order valence-electron chi connectivity index (χ0n) is 17.8. The van der Waals surface area contributed by atoms with Crippen LogP contribution in [0.3, 0.4) is 0 Å². The summed E-state index contributed by atoms with van der Waals surface area (Å²) in [6.45, 7) is 9.55. The van der Waals surface area contributed by atoms with Crippen LogP contribution in [-0.2, 0) is 9.53 Å². The number of aliphatic carboxylic acids is 1. The molecule has 2 aromatic rings. The summed E-state index contributed by atoms with van der Waals surface area (Å²) in [6, 6.07) is 10.5. The molecular weight excluding hydrogens is 366 g/mol. The minimum absolute atomic E-state index is 0.0243. The van der Waals surface area contributed by atoms with Crippen LogP contribution in [0, 0.1) is 5.92 Å². The minimum Gasteiger partial charge on any atom is -0.481 e. The second kappa shape index (κ2) is 8.80. The van der Waals surface area contributed by atoms with Crippen molar-refractivity contribution in [1.82, 2.24) is 4.98 Å². The number of para-hydroxylation sites is 1. The maximum absolute atomic E-state index is 11.1. The largest absolute Gasteiger partial charge is 0.481 e. The standard InChI is InChI=1S/C23H31N3O3/c1-16(13-21(27)28)22(29-23(2,3)4)25-18-9-11-26(12-10-18)19-14-17-7-5-6-8-20(17)24-15-19/h5-8,14-16,18H,9-13H2,1-4H3,(H,27,28). The lowest BCUT2D eigenvalue weighted by Crippen LogP contribution is -2.37. The molecule has 1 atom stereocenters. The maximum atomic E-state index is 11.1. The number of hydrogen-bond donors (Lipinski definition) is 1. The molecule has 2 heterocycles. The van der Waals surface area contributed by atoms with Gasteiger partial charge in [-0.2, -0.15) is 0 Å². The first-order valence-corrected chi connectivity index (χ1v) is 10.3. The Morgan fingerprint density at radius 3 is 2.66 bits per heavy atom. The highest BCUT2D eigenvalue weighted by molar-refractivity contribution is 5.83. The Kier molecular flexibility index (Phi) is 6.40. The van der Waals surface area contributed by atoms with Gasteiger partial charge in [-0.3, -0.25) is 14.8 Å². The van der Waals surface area contributed by atoms with E-state index in [0.29, 0.717) is 5.90 Å². The van der Waals surface area contributed by atoms with Gasteiger partial charge in [0.05, 0.1) is 29.9 Å². The van der Waals surface area contributed by atoms with Crippen LogP contribution in [0.1, 0.15) is 47.0 Å². The van der Waals surface area contributed by atoms with E-state index in [4.69, 9.17) is 14.8 Å². The first-order valence-electron chi connectivity index (χ1n) is 10.3.